The smallest absolute Gasteiger partial charge is 0.326 e. The van der Waals surface area contributed by atoms with Crippen molar-refractivity contribution in [1.82, 2.24) is 10.2 Å². The number of carboxylic acid groups (broad SMARTS) is 1. The van der Waals surface area contributed by atoms with Crippen LogP contribution >= 0.6 is 11.3 Å². The standard InChI is InChI=1S/C13H20N2O3S/c1-4-11(12(16)17)14-13(18)15(3)9(2)8-10-6-5-7-19-10/h5-7,9,11H,4,8H2,1-3H3,(H,14,18)(H,16,17)/t9?,11-/m1/s1. The molecular weight excluding hydrogens is 264 g/mol. The minimum atomic E-state index is -1.00. The average molecular weight is 284 g/mol. The second-order valence-corrected chi connectivity index (χ2v) is 5.52. The lowest BCUT2D eigenvalue weighted by Crippen LogP contribution is -2.49. The van der Waals surface area contributed by atoms with Crippen LogP contribution in [-0.4, -0.2) is 41.1 Å². The predicted molar refractivity (Wildman–Crippen MR) is 75.5 cm³/mol. The zero-order valence-corrected chi connectivity index (χ0v) is 12.2. The van der Waals surface area contributed by atoms with Crippen molar-refractivity contribution < 1.29 is 14.7 Å². The van der Waals surface area contributed by atoms with E-state index in [2.05, 4.69) is 5.32 Å². The van der Waals surface area contributed by atoms with Crippen LogP contribution in [-0.2, 0) is 11.2 Å². The third-order valence-corrected chi connectivity index (χ3v) is 3.96. The summed E-state index contributed by atoms with van der Waals surface area (Å²) in [4.78, 5) is 25.6. The molecule has 0 spiro atoms. The van der Waals surface area contributed by atoms with E-state index in [1.165, 1.54) is 4.88 Å². The van der Waals surface area contributed by atoms with E-state index in [0.29, 0.717) is 6.42 Å². The molecule has 0 aromatic carbocycles. The van der Waals surface area contributed by atoms with E-state index in [1.807, 2.05) is 24.4 Å². The Balaban J connectivity index is 2.53. The molecule has 0 aliphatic rings. The molecule has 2 atom stereocenters. The molecule has 0 aliphatic heterocycles. The summed E-state index contributed by atoms with van der Waals surface area (Å²) in [5.41, 5.74) is 0. The lowest BCUT2D eigenvalue weighted by Gasteiger charge is -2.26. The first-order valence-corrected chi connectivity index (χ1v) is 7.12. The zero-order chi connectivity index (χ0) is 14.4. The molecule has 0 aliphatic carbocycles. The number of thiophene rings is 1. The van der Waals surface area contributed by atoms with Crippen LogP contribution in [0.1, 0.15) is 25.1 Å². The van der Waals surface area contributed by atoms with E-state index in [0.717, 1.165) is 6.42 Å². The van der Waals surface area contributed by atoms with E-state index in [9.17, 15) is 9.59 Å². The molecule has 0 saturated carbocycles. The van der Waals surface area contributed by atoms with Crippen LogP contribution < -0.4 is 5.32 Å². The topological polar surface area (TPSA) is 69.6 Å². The molecule has 1 aromatic heterocycles. The number of carboxylic acids is 1. The molecule has 1 aromatic rings. The number of likely N-dealkylation sites (N-methyl/N-ethyl adjacent to an activating group) is 1. The molecule has 1 heterocycles. The Labute approximate surface area is 117 Å². The monoisotopic (exact) mass is 284 g/mol. The van der Waals surface area contributed by atoms with Gasteiger partial charge >= 0.3 is 12.0 Å². The number of hydrogen-bond acceptors (Lipinski definition) is 3. The SMILES string of the molecule is CC[C@@H](NC(=O)N(C)C(C)Cc1cccs1)C(=O)O. The number of urea groups is 1. The fourth-order valence-corrected chi connectivity index (χ4v) is 2.47. The maximum atomic E-state index is 11.9. The Hall–Kier alpha value is -1.56. The Morgan fingerprint density at radius 1 is 1.53 bits per heavy atom. The van der Waals surface area contributed by atoms with E-state index >= 15 is 0 Å². The first-order valence-electron chi connectivity index (χ1n) is 6.24. The van der Waals surface area contributed by atoms with Gasteiger partial charge in [-0.05, 0) is 24.8 Å². The van der Waals surface area contributed by atoms with E-state index in [1.54, 1.807) is 30.2 Å². The van der Waals surface area contributed by atoms with Gasteiger partial charge in [0.05, 0.1) is 0 Å². The fourth-order valence-electron chi connectivity index (χ4n) is 1.65. The number of nitrogens with zero attached hydrogens (tertiary/aromatic N) is 1. The zero-order valence-electron chi connectivity index (χ0n) is 11.4. The fraction of sp³-hybridized carbons (Fsp3) is 0.538. The van der Waals surface area contributed by atoms with Crippen LogP contribution in [0.3, 0.4) is 0 Å². The van der Waals surface area contributed by atoms with Gasteiger partial charge in [-0.15, -0.1) is 11.3 Å². The third kappa shape index (κ3) is 4.55. The number of rotatable bonds is 6. The summed E-state index contributed by atoms with van der Waals surface area (Å²) < 4.78 is 0. The van der Waals surface area contributed by atoms with Crippen LogP contribution in [0, 0.1) is 0 Å². The van der Waals surface area contributed by atoms with E-state index < -0.39 is 12.0 Å². The van der Waals surface area contributed by atoms with Crippen LogP contribution in [0.15, 0.2) is 17.5 Å². The summed E-state index contributed by atoms with van der Waals surface area (Å²) in [6.45, 7) is 3.68. The van der Waals surface area contributed by atoms with Gasteiger partial charge in [0.25, 0.3) is 0 Å². The second-order valence-electron chi connectivity index (χ2n) is 4.49. The normalized spacial score (nSPS) is 13.6. The first-order chi connectivity index (χ1) is 8.95. The molecule has 19 heavy (non-hydrogen) atoms. The van der Waals surface area contributed by atoms with Crippen molar-refractivity contribution in [3.05, 3.63) is 22.4 Å². The van der Waals surface area contributed by atoms with Crippen LogP contribution in [0.25, 0.3) is 0 Å². The number of carbonyl (C=O) groups excluding carboxylic acids is 1. The van der Waals surface area contributed by atoms with Crippen molar-refractivity contribution in [2.45, 2.75) is 38.8 Å². The van der Waals surface area contributed by atoms with Crippen LogP contribution in [0.5, 0.6) is 0 Å². The molecular formula is C13H20N2O3S. The van der Waals surface area contributed by atoms with E-state index in [-0.39, 0.29) is 12.1 Å². The molecule has 6 heteroatoms. The van der Waals surface area contributed by atoms with Gasteiger partial charge in [-0.25, -0.2) is 9.59 Å². The molecule has 2 amide bonds. The maximum Gasteiger partial charge on any atom is 0.326 e. The van der Waals surface area contributed by atoms with Crippen molar-refractivity contribution in [1.29, 1.82) is 0 Å². The van der Waals surface area contributed by atoms with Gasteiger partial charge in [-0.3, -0.25) is 0 Å². The summed E-state index contributed by atoms with van der Waals surface area (Å²) in [6.07, 6.45) is 1.14. The number of nitrogens with one attached hydrogen (secondary N) is 1. The third-order valence-electron chi connectivity index (χ3n) is 3.06. The largest absolute Gasteiger partial charge is 0.480 e. The minimum Gasteiger partial charge on any atom is -0.480 e. The molecule has 0 bridgehead atoms. The molecule has 5 nitrogen and oxygen atoms in total. The first kappa shape index (κ1) is 15.5. The second kappa shape index (κ2) is 7.13. The number of aliphatic carboxylic acids is 1. The summed E-state index contributed by atoms with van der Waals surface area (Å²) in [7, 11) is 1.68. The van der Waals surface area contributed by atoms with Crippen LogP contribution in [0.2, 0.25) is 0 Å². The van der Waals surface area contributed by atoms with Gasteiger partial charge in [0.2, 0.25) is 0 Å². The number of carbonyl (C=O) groups is 2. The number of amides is 2. The Kier molecular flexibility index (Phi) is 5.82. The van der Waals surface area contributed by atoms with Gasteiger partial charge in [-0.1, -0.05) is 13.0 Å². The Bertz CT molecular complexity index is 420. The highest BCUT2D eigenvalue weighted by Gasteiger charge is 2.22. The highest BCUT2D eigenvalue weighted by molar-refractivity contribution is 7.09. The van der Waals surface area contributed by atoms with Crippen molar-refractivity contribution in [3.63, 3.8) is 0 Å². The van der Waals surface area contributed by atoms with Gasteiger partial charge < -0.3 is 15.3 Å². The lowest BCUT2D eigenvalue weighted by molar-refractivity contribution is -0.139. The molecule has 1 rings (SSSR count). The Morgan fingerprint density at radius 2 is 2.21 bits per heavy atom. The highest BCUT2D eigenvalue weighted by atomic mass is 32.1. The van der Waals surface area contributed by atoms with Gasteiger partial charge in [0, 0.05) is 24.4 Å². The molecule has 0 saturated heterocycles. The minimum absolute atomic E-state index is 0.0185. The quantitative estimate of drug-likeness (QED) is 0.841. The predicted octanol–water partition coefficient (Wildman–Crippen LogP) is 2.18. The summed E-state index contributed by atoms with van der Waals surface area (Å²) >= 11 is 1.65. The van der Waals surface area contributed by atoms with Crippen molar-refractivity contribution in [2.75, 3.05) is 7.05 Å². The van der Waals surface area contributed by atoms with Crippen molar-refractivity contribution in [3.8, 4) is 0 Å². The van der Waals surface area contributed by atoms with Crippen LogP contribution in [0.4, 0.5) is 4.79 Å². The summed E-state index contributed by atoms with van der Waals surface area (Å²) in [5.74, 6) is -1.00. The molecule has 1 unspecified atom stereocenters. The van der Waals surface area contributed by atoms with Gasteiger partial charge in [0.15, 0.2) is 0 Å². The highest BCUT2D eigenvalue weighted by Crippen LogP contribution is 2.13. The Morgan fingerprint density at radius 3 is 2.68 bits per heavy atom. The summed E-state index contributed by atoms with van der Waals surface area (Å²) in [6, 6.07) is 2.84. The lowest BCUT2D eigenvalue weighted by atomic mass is 10.2. The molecule has 0 radical (unpaired) electrons. The van der Waals surface area contributed by atoms with Crippen molar-refractivity contribution in [2.24, 2.45) is 0 Å². The number of hydrogen-bond donors (Lipinski definition) is 2. The molecule has 106 valence electrons. The molecule has 0 fully saturated rings. The maximum absolute atomic E-state index is 11.9. The average Bonchev–Trinajstić information content (AvgIpc) is 2.86. The summed E-state index contributed by atoms with van der Waals surface area (Å²) in [5, 5.41) is 13.4. The van der Waals surface area contributed by atoms with E-state index in [4.69, 9.17) is 5.11 Å². The van der Waals surface area contributed by atoms with Crippen molar-refractivity contribution >= 4 is 23.3 Å². The van der Waals surface area contributed by atoms with Gasteiger partial charge in [-0.2, -0.15) is 0 Å². The molecule has 2 N–H and O–H groups in total. The van der Waals surface area contributed by atoms with Gasteiger partial charge in [0.1, 0.15) is 6.04 Å².